The van der Waals surface area contributed by atoms with Crippen LogP contribution in [-0.4, -0.2) is 25.3 Å². The molecular weight excluding hydrogens is 226 g/mol. The summed E-state index contributed by atoms with van der Waals surface area (Å²) in [5, 5.41) is 13.6. The van der Waals surface area contributed by atoms with E-state index in [9.17, 15) is 5.11 Å². The molecule has 1 aromatic carbocycles. The highest BCUT2D eigenvalue weighted by molar-refractivity contribution is 5.38. The van der Waals surface area contributed by atoms with Gasteiger partial charge in [0.2, 0.25) is 0 Å². The van der Waals surface area contributed by atoms with Crippen molar-refractivity contribution in [3.05, 3.63) is 29.3 Å². The Kier molecular flexibility index (Phi) is 4.61. The van der Waals surface area contributed by atoms with Crippen LogP contribution in [0.15, 0.2) is 18.2 Å². The van der Waals surface area contributed by atoms with Crippen molar-refractivity contribution in [2.75, 3.05) is 20.2 Å². The van der Waals surface area contributed by atoms with Crippen molar-refractivity contribution in [3.63, 3.8) is 0 Å². The van der Waals surface area contributed by atoms with Gasteiger partial charge in [0.25, 0.3) is 0 Å². The molecule has 0 aliphatic heterocycles. The lowest BCUT2D eigenvalue weighted by molar-refractivity contribution is 0.164. The highest BCUT2D eigenvalue weighted by atomic mass is 16.5. The van der Waals surface area contributed by atoms with Crippen LogP contribution in [0.2, 0.25) is 0 Å². The third-order valence-electron chi connectivity index (χ3n) is 3.74. The monoisotopic (exact) mass is 249 g/mol. The smallest absolute Gasteiger partial charge is 0.124 e. The number of aliphatic hydroxyl groups is 1. The van der Waals surface area contributed by atoms with Gasteiger partial charge in [-0.1, -0.05) is 18.1 Å². The van der Waals surface area contributed by atoms with Crippen LogP contribution in [0.1, 0.15) is 36.5 Å². The maximum atomic E-state index is 10.2. The van der Waals surface area contributed by atoms with Crippen LogP contribution in [0.25, 0.3) is 0 Å². The second kappa shape index (κ2) is 6.21. The van der Waals surface area contributed by atoms with Crippen molar-refractivity contribution in [2.45, 2.75) is 32.3 Å². The first-order chi connectivity index (χ1) is 8.70. The van der Waals surface area contributed by atoms with Crippen LogP contribution in [0, 0.1) is 12.8 Å². The Morgan fingerprint density at radius 1 is 1.44 bits per heavy atom. The van der Waals surface area contributed by atoms with E-state index in [0.29, 0.717) is 6.54 Å². The second-order valence-corrected chi connectivity index (χ2v) is 5.22. The molecular formula is C15H23NO2. The van der Waals surface area contributed by atoms with Crippen molar-refractivity contribution >= 4 is 0 Å². The summed E-state index contributed by atoms with van der Waals surface area (Å²) in [6, 6.07) is 5.91. The van der Waals surface area contributed by atoms with E-state index < -0.39 is 6.10 Å². The van der Waals surface area contributed by atoms with Gasteiger partial charge in [-0.2, -0.15) is 0 Å². The molecule has 3 nitrogen and oxygen atoms in total. The lowest BCUT2D eigenvalue weighted by Gasteiger charge is -2.26. The standard InChI is InChI=1S/C15H23NO2/c1-11-6-7-15(18-2)13(8-11)14(17)10-16-9-12-4-3-5-12/h6-8,12,14,16-17H,3-5,9-10H2,1-2H3. The zero-order valence-corrected chi connectivity index (χ0v) is 11.3. The molecule has 1 aliphatic rings. The number of rotatable bonds is 6. The van der Waals surface area contributed by atoms with Crippen molar-refractivity contribution in [1.29, 1.82) is 0 Å². The van der Waals surface area contributed by atoms with E-state index >= 15 is 0 Å². The van der Waals surface area contributed by atoms with E-state index in [0.717, 1.165) is 29.3 Å². The van der Waals surface area contributed by atoms with Crippen LogP contribution in [0.4, 0.5) is 0 Å². The number of benzene rings is 1. The lowest BCUT2D eigenvalue weighted by atomic mass is 9.85. The maximum Gasteiger partial charge on any atom is 0.124 e. The highest BCUT2D eigenvalue weighted by Gasteiger charge is 2.18. The number of hydrogen-bond donors (Lipinski definition) is 2. The van der Waals surface area contributed by atoms with Crippen LogP contribution in [0.3, 0.4) is 0 Å². The summed E-state index contributed by atoms with van der Waals surface area (Å²) in [7, 11) is 1.64. The molecule has 1 fully saturated rings. The topological polar surface area (TPSA) is 41.5 Å². The fraction of sp³-hybridized carbons (Fsp3) is 0.600. The number of hydrogen-bond acceptors (Lipinski definition) is 3. The minimum absolute atomic E-state index is 0.500. The van der Waals surface area contributed by atoms with Gasteiger partial charge in [-0.05, 0) is 44.4 Å². The van der Waals surface area contributed by atoms with Crippen LogP contribution in [-0.2, 0) is 0 Å². The third kappa shape index (κ3) is 3.24. The fourth-order valence-electron chi connectivity index (χ4n) is 2.35. The summed E-state index contributed by atoms with van der Waals surface area (Å²) in [5.41, 5.74) is 2.02. The lowest BCUT2D eigenvalue weighted by Crippen LogP contribution is -2.30. The zero-order chi connectivity index (χ0) is 13.0. The Morgan fingerprint density at radius 2 is 2.22 bits per heavy atom. The van der Waals surface area contributed by atoms with E-state index in [1.807, 2.05) is 25.1 Å². The molecule has 0 aromatic heterocycles. The molecule has 2 rings (SSSR count). The summed E-state index contributed by atoms with van der Waals surface area (Å²) in [4.78, 5) is 0. The van der Waals surface area contributed by atoms with Gasteiger partial charge in [-0.25, -0.2) is 0 Å². The van der Waals surface area contributed by atoms with Gasteiger partial charge in [0.15, 0.2) is 0 Å². The predicted molar refractivity (Wildman–Crippen MR) is 72.9 cm³/mol. The quantitative estimate of drug-likeness (QED) is 0.813. The van der Waals surface area contributed by atoms with Crippen molar-refractivity contribution in [2.24, 2.45) is 5.92 Å². The molecule has 1 aromatic rings. The van der Waals surface area contributed by atoms with Gasteiger partial charge < -0.3 is 15.2 Å². The maximum absolute atomic E-state index is 10.2. The largest absolute Gasteiger partial charge is 0.496 e. The molecule has 0 spiro atoms. The third-order valence-corrected chi connectivity index (χ3v) is 3.74. The Balaban J connectivity index is 1.89. The Hall–Kier alpha value is -1.06. The van der Waals surface area contributed by atoms with E-state index in [1.165, 1.54) is 19.3 Å². The van der Waals surface area contributed by atoms with E-state index in [1.54, 1.807) is 7.11 Å². The van der Waals surface area contributed by atoms with E-state index in [2.05, 4.69) is 5.32 Å². The van der Waals surface area contributed by atoms with Gasteiger partial charge in [-0.3, -0.25) is 0 Å². The number of aryl methyl sites for hydroxylation is 1. The highest BCUT2D eigenvalue weighted by Crippen LogP contribution is 2.27. The Bertz CT molecular complexity index is 388. The minimum atomic E-state index is -0.500. The molecule has 3 heteroatoms. The van der Waals surface area contributed by atoms with Gasteiger partial charge in [0.1, 0.15) is 5.75 Å². The van der Waals surface area contributed by atoms with Crippen LogP contribution < -0.4 is 10.1 Å². The first kappa shape index (κ1) is 13.4. The summed E-state index contributed by atoms with van der Waals surface area (Å²) in [6.07, 6.45) is 3.52. The molecule has 0 amide bonds. The first-order valence-corrected chi connectivity index (χ1v) is 6.74. The SMILES string of the molecule is COc1ccc(C)cc1C(O)CNCC1CCC1. The van der Waals surface area contributed by atoms with E-state index in [4.69, 9.17) is 4.74 Å². The van der Waals surface area contributed by atoms with E-state index in [-0.39, 0.29) is 0 Å². The number of nitrogens with one attached hydrogen (secondary N) is 1. The molecule has 1 atom stereocenters. The predicted octanol–water partition coefficient (Wildman–Crippen LogP) is 2.43. The average Bonchev–Trinajstić information content (AvgIpc) is 2.32. The molecule has 0 heterocycles. The minimum Gasteiger partial charge on any atom is -0.496 e. The normalized spacial score (nSPS) is 17.3. The molecule has 0 saturated heterocycles. The summed E-state index contributed by atoms with van der Waals surface area (Å²) < 4.78 is 5.29. The Labute approximate surface area is 109 Å². The molecule has 100 valence electrons. The van der Waals surface area contributed by atoms with Crippen molar-refractivity contribution in [1.82, 2.24) is 5.32 Å². The van der Waals surface area contributed by atoms with Crippen LogP contribution in [0.5, 0.6) is 5.75 Å². The number of aliphatic hydroxyl groups excluding tert-OH is 1. The molecule has 1 aliphatic carbocycles. The zero-order valence-electron chi connectivity index (χ0n) is 11.3. The molecule has 18 heavy (non-hydrogen) atoms. The average molecular weight is 249 g/mol. The molecule has 1 unspecified atom stereocenters. The van der Waals surface area contributed by atoms with Crippen molar-refractivity contribution < 1.29 is 9.84 Å². The number of ether oxygens (including phenoxy) is 1. The molecule has 0 bridgehead atoms. The molecule has 1 saturated carbocycles. The second-order valence-electron chi connectivity index (χ2n) is 5.22. The summed E-state index contributed by atoms with van der Waals surface area (Å²) in [6.45, 7) is 3.64. The Morgan fingerprint density at radius 3 is 2.83 bits per heavy atom. The molecule has 2 N–H and O–H groups in total. The van der Waals surface area contributed by atoms with Gasteiger partial charge in [0.05, 0.1) is 13.2 Å². The van der Waals surface area contributed by atoms with Gasteiger partial charge in [-0.15, -0.1) is 0 Å². The molecule has 0 radical (unpaired) electrons. The summed E-state index contributed by atoms with van der Waals surface area (Å²) in [5.74, 6) is 1.58. The van der Waals surface area contributed by atoms with Crippen molar-refractivity contribution in [3.8, 4) is 5.75 Å². The van der Waals surface area contributed by atoms with Crippen LogP contribution >= 0.6 is 0 Å². The van der Waals surface area contributed by atoms with Gasteiger partial charge >= 0.3 is 0 Å². The summed E-state index contributed by atoms with van der Waals surface area (Å²) >= 11 is 0. The fourth-order valence-corrected chi connectivity index (χ4v) is 2.35. The first-order valence-electron chi connectivity index (χ1n) is 6.74. The van der Waals surface area contributed by atoms with Gasteiger partial charge in [0, 0.05) is 12.1 Å². The number of methoxy groups -OCH3 is 1.